The van der Waals surface area contributed by atoms with Crippen molar-refractivity contribution in [3.8, 4) is 0 Å². The Morgan fingerprint density at radius 2 is 2.26 bits per heavy atom. The van der Waals surface area contributed by atoms with Gasteiger partial charge < -0.3 is 15.3 Å². The van der Waals surface area contributed by atoms with E-state index in [1.165, 1.54) is 15.9 Å². The van der Waals surface area contributed by atoms with Crippen molar-refractivity contribution in [2.24, 2.45) is 0 Å². The van der Waals surface area contributed by atoms with E-state index in [0.717, 1.165) is 17.7 Å². The lowest BCUT2D eigenvalue weighted by Crippen LogP contribution is -2.31. The van der Waals surface area contributed by atoms with Crippen molar-refractivity contribution in [2.75, 3.05) is 6.61 Å². The van der Waals surface area contributed by atoms with Gasteiger partial charge in [0.1, 0.15) is 10.7 Å². The number of aliphatic hydroxyl groups excluding tert-OH is 2. The van der Waals surface area contributed by atoms with Crippen LogP contribution in [0.3, 0.4) is 0 Å². The van der Waals surface area contributed by atoms with Gasteiger partial charge in [0.25, 0.3) is 5.56 Å². The number of aryl methyl sites for hydroxylation is 2. The first-order valence-electron chi connectivity index (χ1n) is 7.48. The minimum absolute atomic E-state index is 0.0630. The van der Waals surface area contributed by atoms with E-state index in [1.807, 2.05) is 0 Å². The van der Waals surface area contributed by atoms with Crippen LogP contribution < -0.4 is 5.56 Å². The highest BCUT2D eigenvalue weighted by Gasteiger charge is 2.32. The third-order valence-corrected chi connectivity index (χ3v) is 5.42. The molecule has 1 aliphatic carbocycles. The number of carboxylic acids is 1. The zero-order chi connectivity index (χ0) is 16.7. The Hall–Kier alpha value is -1.77. The molecule has 0 saturated heterocycles. The van der Waals surface area contributed by atoms with Gasteiger partial charge in [-0.25, -0.2) is 4.98 Å². The molecular formula is C15H18N2O5S. The fourth-order valence-corrected chi connectivity index (χ4v) is 4.46. The van der Waals surface area contributed by atoms with Crippen LogP contribution in [0.15, 0.2) is 4.79 Å². The van der Waals surface area contributed by atoms with E-state index < -0.39 is 24.6 Å². The number of aliphatic hydroxyl groups is 2. The number of hydrogen-bond donors (Lipinski definition) is 3. The molecule has 3 rings (SSSR count). The summed E-state index contributed by atoms with van der Waals surface area (Å²) >= 11 is 1.38. The van der Waals surface area contributed by atoms with E-state index in [2.05, 4.69) is 4.98 Å². The second kappa shape index (κ2) is 6.03. The van der Waals surface area contributed by atoms with E-state index in [4.69, 9.17) is 5.11 Å². The molecule has 3 N–H and O–H groups in total. The summed E-state index contributed by atoms with van der Waals surface area (Å²) in [5, 5.41) is 28.4. The van der Waals surface area contributed by atoms with Crippen LogP contribution in [0.25, 0.3) is 10.2 Å². The van der Waals surface area contributed by atoms with Crippen LogP contribution in [0.4, 0.5) is 0 Å². The van der Waals surface area contributed by atoms with Crippen LogP contribution in [0.5, 0.6) is 0 Å². The van der Waals surface area contributed by atoms with Crippen molar-refractivity contribution >= 4 is 27.5 Å². The van der Waals surface area contributed by atoms with Crippen LogP contribution in [0.1, 0.15) is 35.0 Å². The smallest absolute Gasteiger partial charge is 0.311 e. The van der Waals surface area contributed by atoms with Crippen LogP contribution in [-0.2, 0) is 17.8 Å². The third-order valence-electron chi connectivity index (χ3n) is 4.26. The predicted octanol–water partition coefficient (Wildman–Crippen LogP) is 0.624. The summed E-state index contributed by atoms with van der Waals surface area (Å²) < 4.78 is 1.31. The lowest BCUT2D eigenvalue weighted by atomic mass is 9.86. The van der Waals surface area contributed by atoms with Crippen LogP contribution in [-0.4, -0.2) is 43.6 Å². The molecule has 2 unspecified atom stereocenters. The Morgan fingerprint density at radius 1 is 1.52 bits per heavy atom. The van der Waals surface area contributed by atoms with Gasteiger partial charge in [-0.1, -0.05) is 0 Å². The largest absolute Gasteiger partial charge is 0.481 e. The first-order valence-corrected chi connectivity index (χ1v) is 8.30. The molecule has 23 heavy (non-hydrogen) atoms. The Labute approximate surface area is 135 Å². The van der Waals surface area contributed by atoms with Gasteiger partial charge in [-0.15, -0.1) is 11.3 Å². The fraction of sp³-hybridized carbons (Fsp3) is 0.533. The second-order valence-electron chi connectivity index (χ2n) is 5.81. The standard InChI is InChI=1S/C15H18N2O5S/c1-7-16-13-12(14(20)17(7)5-8(19)6-18)11-9(15(21)22)3-2-4-10(11)23-13/h8-9,18-19H,2-6H2,1H3,(H,21,22). The molecule has 2 aromatic rings. The highest BCUT2D eigenvalue weighted by molar-refractivity contribution is 7.18. The summed E-state index contributed by atoms with van der Waals surface area (Å²) in [5.41, 5.74) is 0.249. The van der Waals surface area contributed by atoms with Gasteiger partial charge in [-0.2, -0.15) is 0 Å². The summed E-state index contributed by atoms with van der Waals surface area (Å²) in [4.78, 5) is 30.3. The van der Waals surface area contributed by atoms with Crippen molar-refractivity contribution in [3.63, 3.8) is 0 Å². The summed E-state index contributed by atoms with van der Waals surface area (Å²) in [6.45, 7) is 1.15. The zero-order valence-electron chi connectivity index (χ0n) is 12.7. The van der Waals surface area contributed by atoms with Gasteiger partial charge >= 0.3 is 5.97 Å². The maximum absolute atomic E-state index is 12.8. The summed E-state index contributed by atoms with van der Waals surface area (Å²) in [6.07, 6.45) is 1.00. The number of hydrogen-bond acceptors (Lipinski definition) is 6. The van der Waals surface area contributed by atoms with Crippen molar-refractivity contribution in [1.82, 2.24) is 9.55 Å². The number of rotatable bonds is 4. The van der Waals surface area contributed by atoms with Crippen LogP contribution in [0, 0.1) is 6.92 Å². The molecule has 0 bridgehead atoms. The summed E-state index contributed by atoms with van der Waals surface area (Å²) in [7, 11) is 0. The highest BCUT2D eigenvalue weighted by Crippen LogP contribution is 2.40. The maximum atomic E-state index is 12.8. The number of carboxylic acid groups (broad SMARTS) is 1. The van der Waals surface area contributed by atoms with E-state index in [-0.39, 0.29) is 12.1 Å². The minimum Gasteiger partial charge on any atom is -0.481 e. The van der Waals surface area contributed by atoms with Crippen molar-refractivity contribution in [3.05, 3.63) is 26.6 Å². The Kier molecular flexibility index (Phi) is 4.22. The third kappa shape index (κ3) is 2.66. The molecule has 0 spiro atoms. The Morgan fingerprint density at radius 3 is 2.91 bits per heavy atom. The molecule has 0 amide bonds. The van der Waals surface area contributed by atoms with Crippen molar-refractivity contribution in [1.29, 1.82) is 0 Å². The van der Waals surface area contributed by atoms with E-state index in [1.54, 1.807) is 6.92 Å². The molecule has 0 radical (unpaired) electrons. The molecule has 2 atom stereocenters. The van der Waals surface area contributed by atoms with Crippen molar-refractivity contribution < 1.29 is 20.1 Å². The SMILES string of the molecule is Cc1nc2sc3c(c2c(=O)n1CC(O)CO)C(C(=O)O)CCC3. The fourth-order valence-electron chi connectivity index (χ4n) is 3.15. The average molecular weight is 338 g/mol. The summed E-state index contributed by atoms with van der Waals surface area (Å²) in [5.74, 6) is -1.16. The molecule has 2 aromatic heterocycles. The maximum Gasteiger partial charge on any atom is 0.311 e. The van der Waals surface area contributed by atoms with E-state index >= 15 is 0 Å². The number of fused-ring (bicyclic) bond motifs is 3. The molecule has 7 nitrogen and oxygen atoms in total. The van der Waals surface area contributed by atoms with Gasteiger partial charge in [-0.3, -0.25) is 14.2 Å². The Balaban J connectivity index is 2.25. The van der Waals surface area contributed by atoms with Gasteiger partial charge in [0, 0.05) is 4.88 Å². The van der Waals surface area contributed by atoms with E-state index in [9.17, 15) is 19.8 Å². The topological polar surface area (TPSA) is 113 Å². The molecule has 0 fully saturated rings. The van der Waals surface area contributed by atoms with Gasteiger partial charge in [0.2, 0.25) is 0 Å². The van der Waals surface area contributed by atoms with Crippen LogP contribution in [0.2, 0.25) is 0 Å². The zero-order valence-corrected chi connectivity index (χ0v) is 13.5. The lowest BCUT2D eigenvalue weighted by molar-refractivity contribution is -0.139. The number of carbonyl (C=O) groups is 1. The lowest BCUT2D eigenvalue weighted by Gasteiger charge is -2.19. The van der Waals surface area contributed by atoms with Crippen LogP contribution >= 0.6 is 11.3 Å². The van der Waals surface area contributed by atoms with Crippen molar-refractivity contribution in [2.45, 2.75) is 44.8 Å². The molecule has 0 aromatic carbocycles. The molecule has 1 aliphatic rings. The van der Waals surface area contributed by atoms with E-state index in [0.29, 0.717) is 28.0 Å². The molecule has 0 aliphatic heterocycles. The Bertz CT molecular complexity index is 825. The molecular weight excluding hydrogens is 320 g/mol. The predicted molar refractivity (Wildman–Crippen MR) is 85.0 cm³/mol. The molecule has 124 valence electrons. The quantitative estimate of drug-likeness (QED) is 0.753. The number of nitrogens with zero attached hydrogens (tertiary/aromatic N) is 2. The molecule has 8 heteroatoms. The second-order valence-corrected chi connectivity index (χ2v) is 6.90. The first-order chi connectivity index (χ1) is 10.9. The monoisotopic (exact) mass is 338 g/mol. The molecule has 0 saturated carbocycles. The summed E-state index contributed by atoms with van der Waals surface area (Å²) in [6, 6.07) is 0. The minimum atomic E-state index is -1.06. The van der Waals surface area contributed by atoms with Gasteiger partial charge in [0.15, 0.2) is 0 Å². The average Bonchev–Trinajstić information content (AvgIpc) is 2.88. The van der Waals surface area contributed by atoms with Gasteiger partial charge in [0.05, 0.1) is 30.6 Å². The number of aromatic nitrogens is 2. The first kappa shape index (κ1) is 16.1. The normalized spacial score (nSPS) is 18.8. The highest BCUT2D eigenvalue weighted by atomic mass is 32.1. The number of aliphatic carboxylic acids is 1. The molecule has 2 heterocycles. The number of thiophene rings is 1. The van der Waals surface area contributed by atoms with Gasteiger partial charge in [-0.05, 0) is 31.7 Å².